The van der Waals surface area contributed by atoms with Crippen molar-refractivity contribution in [2.45, 2.75) is 45.6 Å². The Morgan fingerprint density at radius 1 is 1.29 bits per heavy atom. The third kappa shape index (κ3) is 2.81. The lowest BCUT2D eigenvalue weighted by atomic mass is 9.77. The van der Waals surface area contributed by atoms with Crippen LogP contribution in [0.1, 0.15) is 39.5 Å². The minimum Gasteiger partial charge on any atom is -0.393 e. The van der Waals surface area contributed by atoms with Gasteiger partial charge in [0.25, 0.3) is 0 Å². The van der Waals surface area contributed by atoms with E-state index in [1.807, 2.05) is 6.92 Å². The Morgan fingerprint density at radius 3 is 2.24 bits per heavy atom. The van der Waals surface area contributed by atoms with Crippen LogP contribution in [0.5, 0.6) is 0 Å². The fraction of sp³-hybridized carbons (Fsp3) is 0.727. The lowest BCUT2D eigenvalue weighted by molar-refractivity contribution is -0.144. The highest BCUT2D eigenvalue weighted by Crippen LogP contribution is 2.31. The summed E-state index contributed by atoms with van der Waals surface area (Å²) in [5.74, 6) is -0.728. The summed E-state index contributed by atoms with van der Waals surface area (Å²) in [5.41, 5.74) is -1.10. The number of aliphatic hydroxyl groups excluding tert-OH is 1. The van der Waals surface area contributed by atoms with Gasteiger partial charge in [0.2, 0.25) is 11.8 Å². The first-order valence-electron chi connectivity index (χ1n) is 5.81. The maximum absolute atomic E-state index is 11.9. The molecule has 1 atom stereocenters. The average molecular weight is 258 g/mol. The van der Waals surface area contributed by atoms with Gasteiger partial charge in [0.15, 0.2) is 5.11 Å². The molecule has 3 N–H and O–H groups in total. The van der Waals surface area contributed by atoms with Crippen LogP contribution in [0.15, 0.2) is 0 Å². The standard InChI is InChI=1S/C11H18N2O3S/c1-3-7(14)5-6-11(4-2)8(15)12-10(17)13-9(11)16/h7,14H,3-6H2,1-2H3,(H2,12,13,15,16,17)/t7-/m1/s1. The Hall–Kier alpha value is -1.01. The van der Waals surface area contributed by atoms with Crippen molar-refractivity contribution in [3.05, 3.63) is 0 Å². The van der Waals surface area contributed by atoms with Crippen molar-refractivity contribution in [1.29, 1.82) is 0 Å². The highest BCUT2D eigenvalue weighted by Gasteiger charge is 2.47. The van der Waals surface area contributed by atoms with Gasteiger partial charge in [-0.1, -0.05) is 13.8 Å². The Kier molecular flexibility index (Phi) is 4.59. The van der Waals surface area contributed by atoms with E-state index in [1.54, 1.807) is 6.92 Å². The molecule has 1 aliphatic heterocycles. The van der Waals surface area contributed by atoms with Gasteiger partial charge in [-0.15, -0.1) is 0 Å². The van der Waals surface area contributed by atoms with Crippen molar-refractivity contribution in [1.82, 2.24) is 10.6 Å². The minimum atomic E-state index is -1.10. The van der Waals surface area contributed by atoms with E-state index in [0.717, 1.165) is 0 Å². The molecule has 0 saturated carbocycles. The molecule has 0 unspecified atom stereocenters. The van der Waals surface area contributed by atoms with Crippen molar-refractivity contribution in [2.75, 3.05) is 0 Å². The Morgan fingerprint density at radius 2 is 1.82 bits per heavy atom. The van der Waals surface area contributed by atoms with Crippen molar-refractivity contribution in [3.8, 4) is 0 Å². The molecular formula is C11H18N2O3S. The van der Waals surface area contributed by atoms with E-state index in [-0.39, 0.29) is 16.9 Å². The molecule has 0 aromatic rings. The number of carbonyl (C=O) groups is 2. The van der Waals surface area contributed by atoms with Gasteiger partial charge in [0.05, 0.1) is 6.10 Å². The highest BCUT2D eigenvalue weighted by atomic mass is 32.1. The first kappa shape index (κ1) is 14.1. The Balaban J connectivity index is 2.82. The number of thiocarbonyl (C=S) groups is 1. The third-order valence-corrected chi connectivity index (χ3v) is 3.51. The number of amides is 2. The van der Waals surface area contributed by atoms with E-state index >= 15 is 0 Å². The molecule has 0 aliphatic carbocycles. The van der Waals surface area contributed by atoms with Gasteiger partial charge in [0.1, 0.15) is 5.41 Å². The monoisotopic (exact) mass is 258 g/mol. The maximum Gasteiger partial charge on any atom is 0.241 e. The van der Waals surface area contributed by atoms with Crippen LogP contribution < -0.4 is 10.6 Å². The molecule has 0 aromatic heterocycles. The van der Waals surface area contributed by atoms with E-state index in [0.29, 0.717) is 25.7 Å². The minimum absolute atomic E-state index is 0.0557. The fourth-order valence-corrected chi connectivity index (χ4v) is 2.11. The van der Waals surface area contributed by atoms with Gasteiger partial charge in [0, 0.05) is 0 Å². The normalized spacial score (nSPS) is 20.8. The van der Waals surface area contributed by atoms with Crippen LogP contribution in [0.3, 0.4) is 0 Å². The predicted octanol–water partition coefficient (Wildman–Crippen LogP) is 0.465. The molecule has 0 aromatic carbocycles. The van der Waals surface area contributed by atoms with Gasteiger partial charge in [-0.05, 0) is 37.9 Å². The summed E-state index contributed by atoms with van der Waals surface area (Å²) in [7, 11) is 0. The summed E-state index contributed by atoms with van der Waals surface area (Å²) in [6.07, 6.45) is 1.29. The Labute approximate surface area is 106 Å². The number of hydrogen-bond donors (Lipinski definition) is 3. The molecule has 1 fully saturated rings. The highest BCUT2D eigenvalue weighted by molar-refractivity contribution is 7.80. The summed E-state index contributed by atoms with van der Waals surface area (Å²) < 4.78 is 0. The fourth-order valence-electron chi connectivity index (χ4n) is 1.92. The molecule has 1 saturated heterocycles. The smallest absolute Gasteiger partial charge is 0.241 e. The van der Waals surface area contributed by atoms with Gasteiger partial charge < -0.3 is 15.7 Å². The molecule has 1 heterocycles. The molecule has 1 rings (SSSR count). The van der Waals surface area contributed by atoms with Crippen LogP contribution in [0.4, 0.5) is 0 Å². The van der Waals surface area contributed by atoms with Crippen molar-refractivity contribution in [2.24, 2.45) is 5.41 Å². The summed E-state index contributed by atoms with van der Waals surface area (Å²) in [4.78, 5) is 23.9. The number of aliphatic hydroxyl groups is 1. The van der Waals surface area contributed by atoms with E-state index < -0.39 is 11.5 Å². The first-order chi connectivity index (χ1) is 7.96. The first-order valence-corrected chi connectivity index (χ1v) is 6.22. The number of rotatable bonds is 5. The molecule has 96 valence electrons. The number of nitrogens with one attached hydrogen (secondary N) is 2. The number of carbonyl (C=O) groups excluding carboxylic acids is 2. The second kappa shape index (κ2) is 5.55. The molecule has 1 aliphatic rings. The van der Waals surface area contributed by atoms with Crippen LogP contribution in [-0.2, 0) is 9.59 Å². The zero-order chi connectivity index (χ0) is 13.1. The molecule has 0 spiro atoms. The molecule has 0 bridgehead atoms. The number of hydrogen-bond acceptors (Lipinski definition) is 4. The van der Waals surface area contributed by atoms with E-state index in [9.17, 15) is 14.7 Å². The largest absolute Gasteiger partial charge is 0.393 e. The molecule has 5 nitrogen and oxygen atoms in total. The molecule has 6 heteroatoms. The quantitative estimate of drug-likeness (QED) is 0.494. The summed E-state index contributed by atoms with van der Waals surface area (Å²) >= 11 is 4.76. The Bertz CT molecular complexity index is 324. The van der Waals surface area contributed by atoms with Crippen LogP contribution in [0.25, 0.3) is 0 Å². The lowest BCUT2D eigenvalue weighted by Crippen LogP contribution is -2.62. The molecular weight excluding hydrogens is 240 g/mol. The van der Waals surface area contributed by atoms with Gasteiger partial charge in [-0.3, -0.25) is 9.59 Å². The van der Waals surface area contributed by atoms with Crippen LogP contribution in [0.2, 0.25) is 0 Å². The van der Waals surface area contributed by atoms with Gasteiger partial charge in [-0.2, -0.15) is 0 Å². The summed E-state index contributed by atoms with van der Waals surface area (Å²) in [6.45, 7) is 3.64. The lowest BCUT2D eigenvalue weighted by Gasteiger charge is -2.34. The van der Waals surface area contributed by atoms with Crippen LogP contribution in [-0.4, -0.2) is 28.1 Å². The van der Waals surface area contributed by atoms with Crippen LogP contribution in [0, 0.1) is 5.41 Å². The second-order valence-electron chi connectivity index (χ2n) is 4.27. The van der Waals surface area contributed by atoms with E-state index in [4.69, 9.17) is 12.2 Å². The summed E-state index contributed by atoms with van der Waals surface area (Å²) in [5, 5.41) is 14.5. The van der Waals surface area contributed by atoms with Crippen molar-refractivity contribution in [3.63, 3.8) is 0 Å². The molecule has 0 radical (unpaired) electrons. The molecule has 17 heavy (non-hydrogen) atoms. The maximum atomic E-state index is 11.9. The second-order valence-corrected chi connectivity index (χ2v) is 4.68. The van der Waals surface area contributed by atoms with E-state index in [1.165, 1.54) is 0 Å². The average Bonchev–Trinajstić information content (AvgIpc) is 2.28. The zero-order valence-electron chi connectivity index (χ0n) is 10.1. The summed E-state index contributed by atoms with van der Waals surface area (Å²) in [6, 6.07) is 0. The predicted molar refractivity (Wildman–Crippen MR) is 67.1 cm³/mol. The van der Waals surface area contributed by atoms with E-state index in [2.05, 4.69) is 10.6 Å². The van der Waals surface area contributed by atoms with Gasteiger partial charge >= 0.3 is 0 Å². The van der Waals surface area contributed by atoms with Gasteiger partial charge in [-0.25, -0.2) is 0 Å². The topological polar surface area (TPSA) is 78.4 Å². The SMILES string of the molecule is CC[C@@H](O)CCC1(CC)C(=O)NC(=S)NC1=O. The third-order valence-electron chi connectivity index (χ3n) is 3.30. The zero-order valence-corrected chi connectivity index (χ0v) is 10.9. The van der Waals surface area contributed by atoms with Crippen molar-refractivity contribution < 1.29 is 14.7 Å². The van der Waals surface area contributed by atoms with Crippen molar-refractivity contribution >= 4 is 29.1 Å². The molecule has 2 amide bonds. The van der Waals surface area contributed by atoms with Crippen LogP contribution >= 0.6 is 12.2 Å².